The molecule has 0 unspecified atom stereocenters. The molecular formula is C14H23N3OS. The molecule has 0 saturated heterocycles. The fraction of sp³-hybridized carbons (Fsp3) is 0.714. The maximum absolute atomic E-state index is 11.4. The second-order valence-electron chi connectivity index (χ2n) is 5.03. The Hall–Kier alpha value is -0.940. The average molecular weight is 281 g/mol. The molecule has 0 saturated carbocycles. The number of hydrogen-bond acceptors (Lipinski definition) is 4. The molecule has 106 valence electrons. The maximum Gasteiger partial charge on any atom is 0.220 e. The standard InChI is InChI=1S/C14H23N3OS/c15-9-3-7-13(18)16-10-4-8-14-17-11-5-1-2-6-12(11)19-14/h1-10,15H2,(H,16,18). The Labute approximate surface area is 118 Å². The molecule has 1 aromatic heterocycles. The molecule has 0 aliphatic heterocycles. The van der Waals surface area contributed by atoms with Crippen LogP contribution in [0.2, 0.25) is 0 Å². The van der Waals surface area contributed by atoms with Crippen LogP contribution in [0.1, 0.15) is 47.7 Å². The second kappa shape index (κ2) is 7.60. The van der Waals surface area contributed by atoms with Gasteiger partial charge in [0, 0.05) is 24.3 Å². The van der Waals surface area contributed by atoms with E-state index in [1.165, 1.54) is 34.8 Å². The first-order valence-corrected chi connectivity index (χ1v) is 8.05. The Morgan fingerprint density at radius 2 is 2.16 bits per heavy atom. The number of nitrogens with one attached hydrogen (secondary N) is 1. The third-order valence-corrected chi connectivity index (χ3v) is 4.60. The van der Waals surface area contributed by atoms with Crippen LogP contribution in [0.15, 0.2) is 0 Å². The highest BCUT2D eigenvalue weighted by Gasteiger charge is 2.14. The third kappa shape index (κ3) is 4.58. The monoisotopic (exact) mass is 281 g/mol. The van der Waals surface area contributed by atoms with E-state index >= 15 is 0 Å². The minimum atomic E-state index is 0.115. The number of carbonyl (C=O) groups is 1. The summed E-state index contributed by atoms with van der Waals surface area (Å²) in [6.45, 7) is 1.33. The number of hydrogen-bond donors (Lipinski definition) is 2. The Kier molecular flexibility index (Phi) is 5.79. The van der Waals surface area contributed by atoms with Crippen molar-refractivity contribution in [2.45, 2.75) is 51.4 Å². The van der Waals surface area contributed by atoms with Crippen LogP contribution in [0.5, 0.6) is 0 Å². The fourth-order valence-electron chi connectivity index (χ4n) is 2.33. The van der Waals surface area contributed by atoms with E-state index in [9.17, 15) is 4.79 Å². The van der Waals surface area contributed by atoms with E-state index in [4.69, 9.17) is 10.7 Å². The number of rotatable bonds is 7. The lowest BCUT2D eigenvalue weighted by Gasteiger charge is -2.06. The largest absolute Gasteiger partial charge is 0.356 e. The van der Waals surface area contributed by atoms with Gasteiger partial charge in [-0.05, 0) is 45.1 Å². The van der Waals surface area contributed by atoms with E-state index in [-0.39, 0.29) is 5.91 Å². The van der Waals surface area contributed by atoms with Crippen LogP contribution in [0.3, 0.4) is 0 Å². The van der Waals surface area contributed by atoms with E-state index in [1.807, 2.05) is 11.3 Å². The lowest BCUT2D eigenvalue weighted by atomic mass is 10.0. The molecule has 0 atom stereocenters. The van der Waals surface area contributed by atoms with Crippen molar-refractivity contribution in [1.82, 2.24) is 10.3 Å². The van der Waals surface area contributed by atoms with Gasteiger partial charge in [0.05, 0.1) is 10.7 Å². The van der Waals surface area contributed by atoms with Crippen LogP contribution in [0.25, 0.3) is 0 Å². The smallest absolute Gasteiger partial charge is 0.220 e. The Bertz CT molecular complexity index is 393. The van der Waals surface area contributed by atoms with Gasteiger partial charge in [-0.2, -0.15) is 0 Å². The number of fused-ring (bicyclic) bond motifs is 1. The van der Waals surface area contributed by atoms with Crippen LogP contribution in [0, 0.1) is 0 Å². The first kappa shape index (κ1) is 14.5. The lowest BCUT2D eigenvalue weighted by Crippen LogP contribution is -2.25. The van der Waals surface area contributed by atoms with Gasteiger partial charge in [0.25, 0.3) is 0 Å². The zero-order valence-electron chi connectivity index (χ0n) is 11.4. The number of nitrogens with two attached hydrogens (primary N) is 1. The summed E-state index contributed by atoms with van der Waals surface area (Å²) in [6.07, 6.45) is 8.23. The van der Waals surface area contributed by atoms with Crippen LogP contribution in [0.4, 0.5) is 0 Å². The number of amides is 1. The van der Waals surface area contributed by atoms with Crippen molar-refractivity contribution in [1.29, 1.82) is 0 Å². The molecule has 0 fully saturated rings. The number of aryl methyl sites for hydroxylation is 3. The predicted molar refractivity (Wildman–Crippen MR) is 78.4 cm³/mol. The van der Waals surface area contributed by atoms with Gasteiger partial charge >= 0.3 is 0 Å². The predicted octanol–water partition coefficient (Wildman–Crippen LogP) is 1.81. The summed E-state index contributed by atoms with van der Waals surface area (Å²) < 4.78 is 0. The molecule has 1 aromatic rings. The van der Waals surface area contributed by atoms with E-state index in [0.717, 1.165) is 32.2 Å². The maximum atomic E-state index is 11.4. The van der Waals surface area contributed by atoms with Gasteiger partial charge in [0.1, 0.15) is 0 Å². The van der Waals surface area contributed by atoms with Gasteiger partial charge in [0.2, 0.25) is 5.91 Å². The molecule has 0 spiro atoms. The summed E-state index contributed by atoms with van der Waals surface area (Å²) in [5.41, 5.74) is 6.70. The first-order valence-electron chi connectivity index (χ1n) is 7.24. The molecule has 1 amide bonds. The summed E-state index contributed by atoms with van der Waals surface area (Å²) in [6, 6.07) is 0. The van der Waals surface area contributed by atoms with E-state index < -0.39 is 0 Å². The minimum Gasteiger partial charge on any atom is -0.356 e. The topological polar surface area (TPSA) is 68.0 Å². The average Bonchev–Trinajstić information content (AvgIpc) is 2.84. The quantitative estimate of drug-likeness (QED) is 0.749. The van der Waals surface area contributed by atoms with E-state index in [1.54, 1.807) is 0 Å². The van der Waals surface area contributed by atoms with Crippen LogP contribution in [-0.4, -0.2) is 24.0 Å². The summed E-state index contributed by atoms with van der Waals surface area (Å²) in [5.74, 6) is 0.115. The van der Waals surface area contributed by atoms with E-state index in [2.05, 4.69) is 5.32 Å². The number of aromatic nitrogens is 1. The minimum absolute atomic E-state index is 0.115. The molecule has 19 heavy (non-hydrogen) atoms. The van der Waals surface area contributed by atoms with Crippen molar-refractivity contribution in [3.63, 3.8) is 0 Å². The molecule has 2 rings (SSSR count). The number of carbonyl (C=O) groups excluding carboxylic acids is 1. The zero-order chi connectivity index (χ0) is 13.5. The second-order valence-corrected chi connectivity index (χ2v) is 6.20. The van der Waals surface area contributed by atoms with E-state index in [0.29, 0.717) is 13.0 Å². The zero-order valence-corrected chi connectivity index (χ0v) is 12.2. The molecule has 1 aliphatic rings. The fourth-order valence-corrected chi connectivity index (χ4v) is 3.53. The summed E-state index contributed by atoms with van der Waals surface area (Å²) in [7, 11) is 0. The normalized spacial score (nSPS) is 14.2. The summed E-state index contributed by atoms with van der Waals surface area (Å²) >= 11 is 1.87. The molecule has 5 heteroatoms. The van der Waals surface area contributed by atoms with Crippen molar-refractivity contribution < 1.29 is 4.79 Å². The number of thiazole rings is 1. The highest BCUT2D eigenvalue weighted by molar-refractivity contribution is 7.11. The van der Waals surface area contributed by atoms with Gasteiger partial charge < -0.3 is 11.1 Å². The van der Waals surface area contributed by atoms with Crippen molar-refractivity contribution in [2.24, 2.45) is 5.73 Å². The lowest BCUT2D eigenvalue weighted by molar-refractivity contribution is -0.121. The van der Waals surface area contributed by atoms with Gasteiger partial charge in [-0.15, -0.1) is 11.3 Å². The van der Waals surface area contributed by atoms with Crippen molar-refractivity contribution in [2.75, 3.05) is 13.1 Å². The van der Waals surface area contributed by atoms with Gasteiger partial charge in [-0.1, -0.05) is 0 Å². The highest BCUT2D eigenvalue weighted by atomic mass is 32.1. The molecule has 3 N–H and O–H groups in total. The Balaban J connectivity index is 1.65. The number of nitrogens with zero attached hydrogens (tertiary/aromatic N) is 1. The molecule has 0 aromatic carbocycles. The van der Waals surface area contributed by atoms with Crippen molar-refractivity contribution in [3.8, 4) is 0 Å². The molecule has 0 radical (unpaired) electrons. The third-order valence-electron chi connectivity index (χ3n) is 3.39. The highest BCUT2D eigenvalue weighted by Crippen LogP contribution is 2.27. The Morgan fingerprint density at radius 3 is 2.95 bits per heavy atom. The molecule has 1 heterocycles. The first-order chi connectivity index (χ1) is 9.29. The van der Waals surface area contributed by atoms with Gasteiger partial charge in [-0.25, -0.2) is 4.98 Å². The molecule has 1 aliphatic carbocycles. The van der Waals surface area contributed by atoms with Crippen molar-refractivity contribution >= 4 is 17.2 Å². The van der Waals surface area contributed by atoms with Crippen LogP contribution in [-0.2, 0) is 24.1 Å². The van der Waals surface area contributed by atoms with Gasteiger partial charge in [0.15, 0.2) is 0 Å². The van der Waals surface area contributed by atoms with Crippen molar-refractivity contribution in [3.05, 3.63) is 15.6 Å². The molecule has 0 bridgehead atoms. The van der Waals surface area contributed by atoms with Gasteiger partial charge in [-0.3, -0.25) is 4.79 Å². The SMILES string of the molecule is NCCCC(=O)NCCCc1nc2c(s1)CCCC2. The van der Waals surface area contributed by atoms with Crippen LogP contribution >= 0.6 is 11.3 Å². The molecular weight excluding hydrogens is 258 g/mol. The molecule has 4 nitrogen and oxygen atoms in total. The van der Waals surface area contributed by atoms with Crippen LogP contribution < -0.4 is 11.1 Å². The summed E-state index contributed by atoms with van der Waals surface area (Å²) in [4.78, 5) is 17.6. The summed E-state index contributed by atoms with van der Waals surface area (Å²) in [5, 5.41) is 4.17. The Morgan fingerprint density at radius 1 is 1.32 bits per heavy atom.